The van der Waals surface area contributed by atoms with E-state index in [0.717, 1.165) is 27.8 Å². The summed E-state index contributed by atoms with van der Waals surface area (Å²) in [6.07, 6.45) is -1.23. The maximum atomic E-state index is 13.1. The highest BCUT2D eigenvalue weighted by molar-refractivity contribution is 5.92. The number of amides is 2. The van der Waals surface area contributed by atoms with Crippen LogP contribution in [0.3, 0.4) is 0 Å². The van der Waals surface area contributed by atoms with Crippen molar-refractivity contribution >= 4 is 23.9 Å². The first-order chi connectivity index (χ1) is 19.7. The molecule has 3 aromatic carbocycles. The van der Waals surface area contributed by atoms with Gasteiger partial charge in [0.05, 0.1) is 6.42 Å². The Morgan fingerprint density at radius 2 is 1.37 bits per heavy atom. The molecule has 2 atom stereocenters. The summed E-state index contributed by atoms with van der Waals surface area (Å²) in [5, 5.41) is 14.5. The molecule has 3 aromatic rings. The maximum Gasteiger partial charge on any atom is 0.407 e. The van der Waals surface area contributed by atoms with Crippen LogP contribution in [-0.2, 0) is 30.5 Å². The van der Waals surface area contributed by atoms with Crippen molar-refractivity contribution in [2.24, 2.45) is 5.92 Å². The lowest BCUT2D eigenvalue weighted by atomic mass is 9.98. The summed E-state index contributed by atoms with van der Waals surface area (Å²) in [5.41, 5.74) is 4.95. The number of rotatable bonds is 12. The molecule has 214 valence electrons. The number of carboxylic acid groups (broad SMARTS) is 1. The summed E-state index contributed by atoms with van der Waals surface area (Å²) in [7, 11) is 0. The zero-order chi connectivity index (χ0) is 29.4. The van der Waals surface area contributed by atoms with Crippen LogP contribution in [0, 0.1) is 5.92 Å². The van der Waals surface area contributed by atoms with Crippen LogP contribution in [-0.4, -0.2) is 47.7 Å². The van der Waals surface area contributed by atoms with Gasteiger partial charge in [0.15, 0.2) is 0 Å². The van der Waals surface area contributed by atoms with E-state index in [1.54, 1.807) is 24.3 Å². The third-order valence-electron chi connectivity index (χ3n) is 6.89. The zero-order valence-corrected chi connectivity index (χ0v) is 23.0. The molecule has 0 saturated carbocycles. The van der Waals surface area contributed by atoms with Gasteiger partial charge < -0.3 is 25.2 Å². The fraction of sp³-hybridized carbons (Fsp3) is 0.312. The van der Waals surface area contributed by atoms with Crippen LogP contribution in [0.15, 0.2) is 78.9 Å². The molecule has 1 aliphatic carbocycles. The number of fused-ring (bicyclic) bond motifs is 3. The highest BCUT2D eigenvalue weighted by Gasteiger charge is 2.32. The van der Waals surface area contributed by atoms with Crippen LogP contribution in [0.4, 0.5) is 4.79 Å². The number of carboxylic acids is 1. The standard InChI is InChI=1S/C32H34N2O7/c1-20(2)16-28(31(37)38)33-30(36)27(17-29(35)40-18-21-10-4-3-5-11-21)34-32(39)41-19-26-24-14-8-6-12-22(24)23-13-7-9-15-25(23)26/h3-15,20,26-28H,16-19H2,1-2H3,(H,33,36)(H,34,39)(H,37,38)/t27-,28+/m0/s1. The number of carbonyl (C=O) groups excluding carboxylic acids is 3. The second kappa shape index (κ2) is 13.6. The molecule has 0 heterocycles. The molecule has 0 aromatic heterocycles. The summed E-state index contributed by atoms with van der Waals surface area (Å²) in [6, 6.07) is 22.2. The summed E-state index contributed by atoms with van der Waals surface area (Å²) >= 11 is 0. The summed E-state index contributed by atoms with van der Waals surface area (Å²) in [6.45, 7) is 3.66. The Balaban J connectivity index is 1.43. The minimum absolute atomic E-state index is 0.00986. The van der Waals surface area contributed by atoms with E-state index in [4.69, 9.17) is 9.47 Å². The highest BCUT2D eigenvalue weighted by atomic mass is 16.5. The molecule has 0 fully saturated rings. The van der Waals surface area contributed by atoms with Gasteiger partial charge in [0.25, 0.3) is 0 Å². The van der Waals surface area contributed by atoms with Gasteiger partial charge in [-0.2, -0.15) is 0 Å². The summed E-state index contributed by atoms with van der Waals surface area (Å²) < 4.78 is 10.8. The molecule has 3 N–H and O–H groups in total. The van der Waals surface area contributed by atoms with Gasteiger partial charge in [-0.25, -0.2) is 9.59 Å². The van der Waals surface area contributed by atoms with Crippen molar-refractivity contribution in [3.05, 3.63) is 95.6 Å². The van der Waals surface area contributed by atoms with Gasteiger partial charge in [0, 0.05) is 5.92 Å². The van der Waals surface area contributed by atoms with Crippen LogP contribution >= 0.6 is 0 Å². The monoisotopic (exact) mass is 558 g/mol. The number of alkyl carbamates (subject to hydrolysis) is 1. The van der Waals surface area contributed by atoms with E-state index < -0.39 is 42.4 Å². The van der Waals surface area contributed by atoms with Crippen molar-refractivity contribution < 1.29 is 33.8 Å². The van der Waals surface area contributed by atoms with E-state index in [0.29, 0.717) is 0 Å². The molecule has 0 spiro atoms. The number of benzene rings is 3. The average molecular weight is 559 g/mol. The van der Waals surface area contributed by atoms with E-state index in [-0.39, 0.29) is 31.5 Å². The van der Waals surface area contributed by atoms with Gasteiger partial charge in [-0.3, -0.25) is 9.59 Å². The highest BCUT2D eigenvalue weighted by Crippen LogP contribution is 2.44. The molecule has 0 saturated heterocycles. The molecule has 0 bridgehead atoms. The van der Waals surface area contributed by atoms with Crippen molar-refractivity contribution in [1.82, 2.24) is 10.6 Å². The van der Waals surface area contributed by atoms with Crippen molar-refractivity contribution in [3.63, 3.8) is 0 Å². The van der Waals surface area contributed by atoms with Crippen molar-refractivity contribution in [2.45, 2.75) is 51.3 Å². The Morgan fingerprint density at radius 1 is 0.780 bits per heavy atom. The molecule has 9 nitrogen and oxygen atoms in total. The van der Waals surface area contributed by atoms with Gasteiger partial charge in [-0.15, -0.1) is 0 Å². The Morgan fingerprint density at radius 3 is 1.95 bits per heavy atom. The van der Waals surface area contributed by atoms with Crippen LogP contribution in [0.25, 0.3) is 11.1 Å². The van der Waals surface area contributed by atoms with Crippen molar-refractivity contribution in [3.8, 4) is 11.1 Å². The Hall–Kier alpha value is -4.66. The number of hydrogen-bond acceptors (Lipinski definition) is 6. The van der Waals surface area contributed by atoms with Gasteiger partial charge in [0.1, 0.15) is 25.3 Å². The second-order valence-electron chi connectivity index (χ2n) is 10.4. The quantitative estimate of drug-likeness (QED) is 0.276. The third-order valence-corrected chi connectivity index (χ3v) is 6.89. The third kappa shape index (κ3) is 7.72. The molecule has 0 unspecified atom stereocenters. The maximum absolute atomic E-state index is 13.1. The van der Waals surface area contributed by atoms with Gasteiger partial charge in [-0.1, -0.05) is 92.7 Å². The average Bonchev–Trinajstić information content (AvgIpc) is 3.28. The molecule has 0 aliphatic heterocycles. The fourth-order valence-corrected chi connectivity index (χ4v) is 4.92. The summed E-state index contributed by atoms with van der Waals surface area (Å²) in [5.74, 6) is -2.97. The fourth-order valence-electron chi connectivity index (χ4n) is 4.92. The number of aliphatic carboxylic acids is 1. The topological polar surface area (TPSA) is 131 Å². The smallest absolute Gasteiger partial charge is 0.407 e. The molecule has 4 rings (SSSR count). The largest absolute Gasteiger partial charge is 0.480 e. The van der Waals surface area contributed by atoms with E-state index in [9.17, 15) is 24.3 Å². The first-order valence-corrected chi connectivity index (χ1v) is 13.6. The van der Waals surface area contributed by atoms with E-state index in [1.807, 2.05) is 68.4 Å². The lowest BCUT2D eigenvalue weighted by molar-refractivity contribution is -0.147. The minimum Gasteiger partial charge on any atom is -0.480 e. The van der Waals surface area contributed by atoms with E-state index in [2.05, 4.69) is 10.6 Å². The molecule has 0 radical (unpaired) electrons. The number of hydrogen-bond donors (Lipinski definition) is 3. The molecular formula is C32H34N2O7. The van der Waals surface area contributed by atoms with Gasteiger partial charge >= 0.3 is 18.0 Å². The summed E-state index contributed by atoms with van der Waals surface area (Å²) in [4.78, 5) is 50.4. The Kier molecular flexibility index (Phi) is 9.73. The number of carbonyl (C=O) groups is 4. The lowest BCUT2D eigenvalue weighted by Gasteiger charge is -2.22. The van der Waals surface area contributed by atoms with Crippen molar-refractivity contribution in [2.75, 3.05) is 6.61 Å². The zero-order valence-electron chi connectivity index (χ0n) is 23.0. The Labute approximate surface area is 238 Å². The number of ether oxygens (including phenoxy) is 2. The van der Waals surface area contributed by atoms with Gasteiger partial charge in [0.2, 0.25) is 5.91 Å². The molecule has 9 heteroatoms. The first-order valence-electron chi connectivity index (χ1n) is 13.6. The number of nitrogens with one attached hydrogen (secondary N) is 2. The van der Waals surface area contributed by atoms with Gasteiger partial charge in [-0.05, 0) is 40.2 Å². The van der Waals surface area contributed by atoms with Crippen molar-refractivity contribution in [1.29, 1.82) is 0 Å². The first kappa shape index (κ1) is 29.3. The normalized spacial score (nSPS) is 13.4. The molecule has 2 amide bonds. The molecule has 1 aliphatic rings. The van der Waals surface area contributed by atoms with E-state index in [1.165, 1.54) is 0 Å². The predicted molar refractivity (Wildman–Crippen MR) is 152 cm³/mol. The van der Waals surface area contributed by atoms with Crippen LogP contribution in [0.5, 0.6) is 0 Å². The Bertz CT molecular complexity index is 1340. The van der Waals surface area contributed by atoms with Crippen LogP contribution in [0.2, 0.25) is 0 Å². The van der Waals surface area contributed by atoms with Crippen LogP contribution < -0.4 is 10.6 Å². The SMILES string of the molecule is CC(C)C[C@@H](NC(=O)[C@H](CC(=O)OCc1ccccc1)NC(=O)OCC1c2ccccc2-c2ccccc21)C(=O)O. The second-order valence-corrected chi connectivity index (χ2v) is 10.4. The lowest BCUT2D eigenvalue weighted by Crippen LogP contribution is -2.52. The number of esters is 1. The minimum atomic E-state index is -1.40. The molecular weight excluding hydrogens is 524 g/mol. The van der Waals surface area contributed by atoms with Crippen LogP contribution in [0.1, 0.15) is 49.3 Å². The van der Waals surface area contributed by atoms with E-state index >= 15 is 0 Å². The predicted octanol–water partition coefficient (Wildman–Crippen LogP) is 4.64. The molecule has 41 heavy (non-hydrogen) atoms.